The summed E-state index contributed by atoms with van der Waals surface area (Å²) in [7, 11) is 1.59. The molecule has 0 unspecified atom stereocenters. The van der Waals surface area contributed by atoms with E-state index in [0.29, 0.717) is 36.4 Å². The lowest BCUT2D eigenvalue weighted by Gasteiger charge is -2.31. The molecular formula is C20H22N2O4S. The number of ketones is 1. The van der Waals surface area contributed by atoms with Crippen molar-refractivity contribution in [2.24, 2.45) is 5.92 Å². The van der Waals surface area contributed by atoms with E-state index in [0.717, 1.165) is 5.75 Å². The number of methoxy groups -OCH3 is 1. The van der Waals surface area contributed by atoms with Crippen LogP contribution in [0, 0.1) is 5.92 Å². The van der Waals surface area contributed by atoms with Crippen LogP contribution in [-0.2, 0) is 4.79 Å². The quantitative estimate of drug-likeness (QED) is 0.775. The Kier molecular flexibility index (Phi) is 6.24. The predicted octanol–water partition coefficient (Wildman–Crippen LogP) is 2.61. The summed E-state index contributed by atoms with van der Waals surface area (Å²) in [5, 5.41) is 4.48. The highest BCUT2D eigenvalue weighted by Crippen LogP contribution is 2.23. The second-order valence-electron chi connectivity index (χ2n) is 6.41. The largest absolute Gasteiger partial charge is 0.497 e. The summed E-state index contributed by atoms with van der Waals surface area (Å²) in [6.07, 6.45) is 1.27. The normalized spacial score (nSPS) is 14.6. The van der Waals surface area contributed by atoms with Crippen molar-refractivity contribution in [3.63, 3.8) is 0 Å². The van der Waals surface area contributed by atoms with Crippen LogP contribution in [0.5, 0.6) is 5.75 Å². The van der Waals surface area contributed by atoms with E-state index in [1.165, 1.54) is 11.3 Å². The maximum Gasteiger partial charge on any atom is 0.261 e. The molecule has 1 N–H and O–H groups in total. The summed E-state index contributed by atoms with van der Waals surface area (Å²) in [5.41, 5.74) is 0.670. The Morgan fingerprint density at radius 1 is 1.15 bits per heavy atom. The van der Waals surface area contributed by atoms with Gasteiger partial charge in [-0.25, -0.2) is 0 Å². The highest BCUT2D eigenvalue weighted by Gasteiger charge is 2.28. The second-order valence-corrected chi connectivity index (χ2v) is 7.36. The molecule has 2 heterocycles. The third-order valence-corrected chi connectivity index (χ3v) is 5.61. The van der Waals surface area contributed by atoms with E-state index in [-0.39, 0.29) is 30.1 Å². The van der Waals surface area contributed by atoms with Crippen LogP contribution < -0.4 is 10.1 Å². The number of hydrogen-bond acceptors (Lipinski definition) is 5. The van der Waals surface area contributed by atoms with Gasteiger partial charge in [0.2, 0.25) is 5.91 Å². The Labute approximate surface area is 162 Å². The summed E-state index contributed by atoms with van der Waals surface area (Å²) in [5.74, 6) is 0.397. The lowest BCUT2D eigenvalue weighted by atomic mass is 9.89. The molecular weight excluding hydrogens is 364 g/mol. The van der Waals surface area contributed by atoms with Crippen LogP contribution in [0.15, 0.2) is 41.8 Å². The van der Waals surface area contributed by atoms with Crippen LogP contribution in [0.1, 0.15) is 32.9 Å². The number of hydrogen-bond donors (Lipinski definition) is 1. The maximum atomic E-state index is 12.6. The van der Waals surface area contributed by atoms with Crippen LogP contribution in [0.4, 0.5) is 0 Å². The number of rotatable bonds is 6. The fourth-order valence-corrected chi connectivity index (χ4v) is 3.78. The van der Waals surface area contributed by atoms with Gasteiger partial charge in [-0.2, -0.15) is 0 Å². The van der Waals surface area contributed by atoms with E-state index in [1.807, 2.05) is 5.38 Å². The molecule has 0 radical (unpaired) electrons. The molecule has 3 rings (SSSR count). The van der Waals surface area contributed by atoms with Crippen molar-refractivity contribution in [3.05, 3.63) is 52.2 Å². The molecule has 1 aliphatic rings. The monoisotopic (exact) mass is 386 g/mol. The van der Waals surface area contributed by atoms with Crippen molar-refractivity contribution in [1.82, 2.24) is 10.2 Å². The highest BCUT2D eigenvalue weighted by atomic mass is 32.1. The first-order valence-electron chi connectivity index (χ1n) is 8.86. The molecule has 7 heteroatoms. The number of thiophene rings is 1. The molecule has 27 heavy (non-hydrogen) atoms. The first-order valence-corrected chi connectivity index (χ1v) is 9.74. The third-order valence-electron chi connectivity index (χ3n) is 4.74. The molecule has 1 aromatic carbocycles. The number of piperidine rings is 1. The number of nitrogens with one attached hydrogen (secondary N) is 1. The van der Waals surface area contributed by atoms with Gasteiger partial charge in [0.25, 0.3) is 5.91 Å². The summed E-state index contributed by atoms with van der Waals surface area (Å²) in [6.45, 7) is 1.04. The average Bonchev–Trinajstić information content (AvgIpc) is 3.26. The molecule has 2 amide bonds. The number of nitrogens with zero attached hydrogens (tertiary/aromatic N) is 1. The van der Waals surface area contributed by atoms with Gasteiger partial charge in [0.05, 0.1) is 18.5 Å². The number of benzene rings is 1. The Hall–Kier alpha value is -2.67. The van der Waals surface area contributed by atoms with Crippen LogP contribution in [-0.4, -0.2) is 49.2 Å². The van der Waals surface area contributed by atoms with Crippen molar-refractivity contribution in [2.75, 3.05) is 26.7 Å². The lowest BCUT2D eigenvalue weighted by Crippen LogP contribution is -2.45. The standard InChI is InChI=1S/C20H22N2O4S/c1-26-16-6-4-14(5-7-16)19(24)15-8-10-22(11-9-15)18(23)13-21-20(25)17-3-2-12-27-17/h2-7,12,15H,8-11,13H2,1H3,(H,21,25). The predicted molar refractivity (Wildman–Crippen MR) is 103 cm³/mol. The summed E-state index contributed by atoms with van der Waals surface area (Å²) in [4.78, 5) is 39.1. The zero-order chi connectivity index (χ0) is 19.2. The van der Waals surface area contributed by atoms with Crippen LogP contribution in [0.3, 0.4) is 0 Å². The minimum absolute atomic E-state index is 0.0200. The molecule has 1 aliphatic heterocycles. The van der Waals surface area contributed by atoms with Gasteiger partial charge in [0.1, 0.15) is 5.75 Å². The van der Waals surface area contributed by atoms with Crippen molar-refractivity contribution >= 4 is 28.9 Å². The number of likely N-dealkylation sites (tertiary alicyclic amines) is 1. The van der Waals surface area contributed by atoms with Gasteiger partial charge >= 0.3 is 0 Å². The SMILES string of the molecule is COc1ccc(C(=O)C2CCN(C(=O)CNC(=O)c3cccs3)CC2)cc1. The molecule has 1 fully saturated rings. The number of carbonyl (C=O) groups excluding carboxylic acids is 3. The van der Waals surface area contributed by atoms with Gasteiger partial charge in [-0.3, -0.25) is 14.4 Å². The lowest BCUT2D eigenvalue weighted by molar-refractivity contribution is -0.131. The fourth-order valence-electron chi connectivity index (χ4n) is 3.14. The van der Waals surface area contributed by atoms with E-state index < -0.39 is 0 Å². The summed E-state index contributed by atoms with van der Waals surface area (Å²) >= 11 is 1.34. The number of Topliss-reactive ketones (excluding diaryl/α,β-unsaturated/α-hetero) is 1. The van der Waals surface area contributed by atoms with E-state index in [2.05, 4.69) is 5.32 Å². The van der Waals surface area contributed by atoms with Crippen LogP contribution in [0.2, 0.25) is 0 Å². The van der Waals surface area contributed by atoms with Gasteiger partial charge in [-0.15, -0.1) is 11.3 Å². The smallest absolute Gasteiger partial charge is 0.261 e. The Bertz CT molecular complexity index is 794. The topological polar surface area (TPSA) is 75.7 Å². The first-order chi connectivity index (χ1) is 13.1. The van der Waals surface area contributed by atoms with Gasteiger partial charge in [-0.1, -0.05) is 6.07 Å². The Morgan fingerprint density at radius 3 is 2.44 bits per heavy atom. The van der Waals surface area contributed by atoms with Crippen molar-refractivity contribution in [2.45, 2.75) is 12.8 Å². The van der Waals surface area contributed by atoms with Crippen LogP contribution in [0.25, 0.3) is 0 Å². The number of ether oxygens (including phenoxy) is 1. The van der Waals surface area contributed by atoms with E-state index >= 15 is 0 Å². The minimum Gasteiger partial charge on any atom is -0.497 e. The molecule has 0 saturated carbocycles. The molecule has 2 aromatic rings. The minimum atomic E-state index is -0.233. The molecule has 1 saturated heterocycles. The average molecular weight is 386 g/mol. The molecule has 0 bridgehead atoms. The van der Waals surface area contributed by atoms with Crippen molar-refractivity contribution in [3.8, 4) is 5.75 Å². The Morgan fingerprint density at radius 2 is 1.85 bits per heavy atom. The number of carbonyl (C=O) groups is 3. The molecule has 6 nitrogen and oxygen atoms in total. The fraction of sp³-hybridized carbons (Fsp3) is 0.350. The Balaban J connectivity index is 1.46. The van der Waals surface area contributed by atoms with E-state index in [4.69, 9.17) is 4.74 Å². The molecule has 1 aromatic heterocycles. The van der Waals surface area contributed by atoms with Crippen molar-refractivity contribution < 1.29 is 19.1 Å². The van der Waals surface area contributed by atoms with Crippen LogP contribution >= 0.6 is 11.3 Å². The van der Waals surface area contributed by atoms with Crippen molar-refractivity contribution in [1.29, 1.82) is 0 Å². The van der Waals surface area contributed by atoms with Gasteiger partial charge < -0.3 is 15.0 Å². The molecule has 0 spiro atoms. The molecule has 0 aliphatic carbocycles. The first kappa shape index (κ1) is 19.1. The van der Waals surface area contributed by atoms with Gasteiger partial charge in [0, 0.05) is 24.6 Å². The van der Waals surface area contributed by atoms with Gasteiger partial charge in [0.15, 0.2) is 5.78 Å². The zero-order valence-corrected chi connectivity index (χ0v) is 16.0. The maximum absolute atomic E-state index is 12.6. The molecule has 0 atom stereocenters. The van der Waals surface area contributed by atoms with Gasteiger partial charge in [-0.05, 0) is 48.6 Å². The third kappa shape index (κ3) is 4.74. The molecule has 142 valence electrons. The van der Waals surface area contributed by atoms with E-state index in [1.54, 1.807) is 48.4 Å². The van der Waals surface area contributed by atoms with E-state index in [9.17, 15) is 14.4 Å². The second kappa shape index (κ2) is 8.81. The summed E-state index contributed by atoms with van der Waals surface area (Å²) in [6, 6.07) is 10.6. The number of amides is 2. The zero-order valence-electron chi connectivity index (χ0n) is 15.1. The summed E-state index contributed by atoms with van der Waals surface area (Å²) < 4.78 is 5.11. The highest BCUT2D eigenvalue weighted by molar-refractivity contribution is 7.12.